The van der Waals surface area contributed by atoms with Gasteiger partial charge in [0.05, 0.1) is 25.0 Å². The van der Waals surface area contributed by atoms with Crippen molar-refractivity contribution in [2.45, 2.75) is 38.2 Å². The Kier molecular flexibility index (Phi) is 7.24. The fourth-order valence-corrected chi connectivity index (χ4v) is 4.15. The Morgan fingerprint density at radius 2 is 2.06 bits per heavy atom. The number of carboxylic acids is 1. The lowest BCUT2D eigenvalue weighted by atomic mass is 9.89. The molecule has 2 aliphatic rings. The number of fused-ring (bicyclic) bond motifs is 1. The molecule has 2 fully saturated rings. The summed E-state index contributed by atoms with van der Waals surface area (Å²) in [4.78, 5) is 26.1. The van der Waals surface area contributed by atoms with E-state index in [2.05, 4.69) is 10.1 Å². The Morgan fingerprint density at radius 1 is 1.34 bits per heavy atom. The summed E-state index contributed by atoms with van der Waals surface area (Å²) in [7, 11) is 1.76. The molecule has 12 heteroatoms. The van der Waals surface area contributed by atoms with Crippen LogP contribution in [0, 0.1) is 12.8 Å². The minimum absolute atomic E-state index is 0.0544. The van der Waals surface area contributed by atoms with Crippen LogP contribution in [0.1, 0.15) is 28.4 Å². The molecule has 1 amide bonds. The van der Waals surface area contributed by atoms with Gasteiger partial charge in [-0.3, -0.25) is 9.69 Å². The molecule has 0 bridgehead atoms. The highest BCUT2D eigenvalue weighted by Crippen LogP contribution is 2.34. The van der Waals surface area contributed by atoms with Crippen molar-refractivity contribution in [3.63, 3.8) is 0 Å². The maximum atomic E-state index is 12.9. The topological polar surface area (TPSA) is 109 Å². The second-order valence-corrected chi connectivity index (χ2v) is 7.69. The lowest BCUT2D eigenvalue weighted by molar-refractivity contribution is -0.192. The van der Waals surface area contributed by atoms with Crippen molar-refractivity contribution < 1.29 is 41.5 Å². The van der Waals surface area contributed by atoms with Gasteiger partial charge in [-0.05, 0) is 25.5 Å². The number of ether oxygens (including phenoxy) is 1. The number of carbonyl (C=O) groups excluding carboxylic acids is 1. The maximum Gasteiger partial charge on any atom is 0.490 e. The molecule has 32 heavy (non-hydrogen) atoms. The van der Waals surface area contributed by atoms with Crippen LogP contribution in [-0.4, -0.2) is 77.0 Å². The molecule has 4 rings (SSSR count). The number of piperidine rings is 1. The molecule has 2 aromatic rings. The van der Waals surface area contributed by atoms with Crippen molar-refractivity contribution in [2.75, 3.05) is 26.7 Å². The van der Waals surface area contributed by atoms with Crippen molar-refractivity contribution in [2.24, 2.45) is 5.92 Å². The second-order valence-electron chi connectivity index (χ2n) is 7.69. The number of alkyl halides is 3. The first-order chi connectivity index (χ1) is 15.1. The van der Waals surface area contributed by atoms with Gasteiger partial charge < -0.3 is 23.7 Å². The number of carboxylic acid groups (broad SMARTS) is 1. The molecular formula is C20H24F3N3O6. The Morgan fingerprint density at radius 3 is 2.59 bits per heavy atom. The number of rotatable bonds is 4. The van der Waals surface area contributed by atoms with E-state index in [1.54, 1.807) is 26.4 Å². The minimum Gasteiger partial charge on any atom is -0.475 e. The zero-order valence-corrected chi connectivity index (χ0v) is 17.5. The quantitative estimate of drug-likeness (QED) is 0.743. The average molecular weight is 459 g/mol. The van der Waals surface area contributed by atoms with Crippen molar-refractivity contribution in [1.29, 1.82) is 0 Å². The van der Waals surface area contributed by atoms with Crippen LogP contribution in [-0.2, 0) is 16.1 Å². The summed E-state index contributed by atoms with van der Waals surface area (Å²) < 4.78 is 48.0. The molecule has 4 heterocycles. The van der Waals surface area contributed by atoms with E-state index in [0.29, 0.717) is 23.9 Å². The van der Waals surface area contributed by atoms with Gasteiger partial charge in [0.2, 0.25) is 0 Å². The normalized spacial score (nSPS) is 23.4. The van der Waals surface area contributed by atoms with E-state index in [1.165, 1.54) is 0 Å². The molecule has 2 aromatic heterocycles. The van der Waals surface area contributed by atoms with E-state index in [9.17, 15) is 18.0 Å². The number of aryl methyl sites for hydroxylation is 1. The van der Waals surface area contributed by atoms with Gasteiger partial charge in [-0.1, -0.05) is 5.16 Å². The monoisotopic (exact) mass is 459 g/mol. The Hall–Kier alpha value is -2.86. The first kappa shape index (κ1) is 23.8. The standard InChI is InChI=1S/C18H23N3O4.C2HF3O2/c1-12-8-15(19-25-12)18(22)21-6-5-17(23-2)14-10-20(11-16(14)21)9-13-4-3-7-24-13;3-2(4,5)1(6)7/h3-4,7-8,14,16-17H,5-6,9-11H2,1-2H3;(H,6,7)/t14-,16+,17-;/m0./s1. The van der Waals surface area contributed by atoms with E-state index in [0.717, 1.165) is 31.8 Å². The number of amides is 1. The summed E-state index contributed by atoms with van der Waals surface area (Å²) in [5.41, 5.74) is 0.386. The third-order valence-electron chi connectivity index (χ3n) is 5.55. The fourth-order valence-electron chi connectivity index (χ4n) is 4.15. The van der Waals surface area contributed by atoms with Gasteiger partial charge in [0.25, 0.3) is 5.91 Å². The number of likely N-dealkylation sites (tertiary alicyclic amines) is 2. The van der Waals surface area contributed by atoms with Crippen LogP contribution < -0.4 is 0 Å². The van der Waals surface area contributed by atoms with Gasteiger partial charge in [0, 0.05) is 38.7 Å². The van der Waals surface area contributed by atoms with Crippen LogP contribution in [0.5, 0.6) is 0 Å². The van der Waals surface area contributed by atoms with Crippen molar-refractivity contribution in [3.8, 4) is 0 Å². The van der Waals surface area contributed by atoms with E-state index in [-0.39, 0.29) is 18.1 Å². The molecule has 2 aliphatic heterocycles. The third-order valence-corrected chi connectivity index (χ3v) is 5.55. The number of hydrogen-bond acceptors (Lipinski definition) is 7. The third kappa shape index (κ3) is 5.49. The molecule has 0 saturated carbocycles. The minimum atomic E-state index is -5.08. The highest BCUT2D eigenvalue weighted by Gasteiger charge is 2.46. The molecule has 0 spiro atoms. The van der Waals surface area contributed by atoms with Gasteiger partial charge in [-0.15, -0.1) is 0 Å². The van der Waals surface area contributed by atoms with E-state index < -0.39 is 12.1 Å². The predicted octanol–water partition coefficient (Wildman–Crippen LogP) is 2.57. The van der Waals surface area contributed by atoms with Gasteiger partial charge in [0.15, 0.2) is 5.69 Å². The summed E-state index contributed by atoms with van der Waals surface area (Å²) in [6, 6.07) is 5.71. The van der Waals surface area contributed by atoms with Crippen LogP contribution >= 0.6 is 0 Å². The number of furan rings is 1. The number of hydrogen-bond donors (Lipinski definition) is 1. The summed E-state index contributed by atoms with van der Waals surface area (Å²) in [6.07, 6.45) is -2.37. The van der Waals surface area contributed by atoms with Gasteiger partial charge in [-0.25, -0.2) is 4.79 Å². The SMILES string of the molecule is CO[C@H]1CCN(C(=O)c2cc(C)on2)[C@@H]2CN(Cc3ccco3)C[C@H]12.O=C(O)C(F)(F)F. The molecule has 0 aliphatic carbocycles. The zero-order chi connectivity index (χ0) is 23.5. The molecule has 3 atom stereocenters. The Labute approximate surface area is 181 Å². The van der Waals surface area contributed by atoms with E-state index >= 15 is 0 Å². The summed E-state index contributed by atoms with van der Waals surface area (Å²) >= 11 is 0. The van der Waals surface area contributed by atoms with Crippen LogP contribution in [0.3, 0.4) is 0 Å². The van der Waals surface area contributed by atoms with Crippen LogP contribution in [0.15, 0.2) is 33.4 Å². The van der Waals surface area contributed by atoms with Gasteiger partial charge in [-0.2, -0.15) is 13.2 Å². The van der Waals surface area contributed by atoms with Crippen LogP contribution in [0.25, 0.3) is 0 Å². The van der Waals surface area contributed by atoms with E-state index in [1.807, 2.05) is 17.0 Å². The number of halogens is 3. The Bertz CT molecular complexity index is 914. The molecule has 2 saturated heterocycles. The fraction of sp³-hybridized carbons (Fsp3) is 0.550. The number of aromatic nitrogens is 1. The van der Waals surface area contributed by atoms with E-state index in [4.69, 9.17) is 23.6 Å². The Balaban J connectivity index is 0.000000360. The molecule has 9 nitrogen and oxygen atoms in total. The number of carbonyl (C=O) groups is 2. The van der Waals surface area contributed by atoms with Crippen molar-refractivity contribution in [1.82, 2.24) is 15.0 Å². The highest BCUT2D eigenvalue weighted by molar-refractivity contribution is 5.92. The molecule has 176 valence electrons. The predicted molar refractivity (Wildman–Crippen MR) is 103 cm³/mol. The number of aliphatic carboxylic acids is 1. The van der Waals surface area contributed by atoms with Crippen molar-refractivity contribution in [3.05, 3.63) is 41.7 Å². The molecule has 0 unspecified atom stereocenters. The lowest BCUT2D eigenvalue weighted by Gasteiger charge is -2.40. The zero-order valence-electron chi connectivity index (χ0n) is 17.5. The smallest absolute Gasteiger partial charge is 0.475 e. The van der Waals surface area contributed by atoms with Crippen molar-refractivity contribution >= 4 is 11.9 Å². The number of methoxy groups -OCH3 is 1. The maximum absolute atomic E-state index is 12.9. The largest absolute Gasteiger partial charge is 0.490 e. The lowest BCUT2D eigenvalue weighted by Crippen LogP contribution is -2.53. The van der Waals surface area contributed by atoms with Crippen LogP contribution in [0.4, 0.5) is 13.2 Å². The highest BCUT2D eigenvalue weighted by atomic mass is 19.4. The summed E-state index contributed by atoms with van der Waals surface area (Å²) in [5.74, 6) is -0.922. The van der Waals surface area contributed by atoms with Gasteiger partial charge in [0.1, 0.15) is 11.5 Å². The molecule has 0 radical (unpaired) electrons. The summed E-state index contributed by atoms with van der Waals surface area (Å²) in [5, 5.41) is 11.0. The van der Waals surface area contributed by atoms with Crippen LogP contribution in [0.2, 0.25) is 0 Å². The van der Waals surface area contributed by atoms with Gasteiger partial charge >= 0.3 is 12.1 Å². The average Bonchev–Trinajstić information content (AvgIpc) is 3.47. The first-order valence-corrected chi connectivity index (χ1v) is 9.92. The summed E-state index contributed by atoms with van der Waals surface area (Å²) in [6.45, 7) is 4.93. The first-order valence-electron chi connectivity index (χ1n) is 9.92. The molecule has 1 N–H and O–H groups in total. The molecule has 0 aromatic carbocycles. The molecular weight excluding hydrogens is 435 g/mol. The number of nitrogens with zero attached hydrogens (tertiary/aromatic N) is 3. The second kappa shape index (κ2) is 9.74.